The molecule has 0 spiro atoms. The van der Waals surface area contributed by atoms with E-state index in [0.29, 0.717) is 17.7 Å². The lowest BCUT2D eigenvalue weighted by molar-refractivity contribution is 0.0584. The molecule has 1 aromatic carbocycles. The van der Waals surface area contributed by atoms with Gasteiger partial charge < -0.3 is 5.11 Å². The van der Waals surface area contributed by atoms with Crippen molar-refractivity contribution in [2.45, 2.75) is 58.4 Å². The van der Waals surface area contributed by atoms with E-state index in [1.807, 2.05) is 12.1 Å². The second-order valence-electron chi connectivity index (χ2n) is 7.64. The van der Waals surface area contributed by atoms with E-state index in [9.17, 15) is 5.11 Å². The average Bonchev–Trinajstić information content (AvgIpc) is 3.02. The number of phenols is 1. The zero-order valence-corrected chi connectivity index (χ0v) is 14.2. The number of nitrogens with zero attached hydrogens (tertiary/aromatic N) is 1. The summed E-state index contributed by atoms with van der Waals surface area (Å²) < 4.78 is 0. The first kappa shape index (κ1) is 15.9. The molecule has 1 aliphatic carbocycles. The summed E-state index contributed by atoms with van der Waals surface area (Å²) in [5.74, 6) is 2.77. The Bertz CT molecular complexity index is 480. The highest BCUT2D eigenvalue weighted by Crippen LogP contribution is 2.40. The molecular weight excluding hydrogens is 270 g/mol. The minimum atomic E-state index is 0.402. The highest BCUT2D eigenvalue weighted by molar-refractivity contribution is 5.30. The van der Waals surface area contributed by atoms with Crippen LogP contribution < -0.4 is 0 Å². The molecule has 0 aromatic heterocycles. The molecular formula is C20H31NO. The number of phenolic OH excluding ortho intramolecular Hbond substituents is 1. The third-order valence-corrected chi connectivity index (χ3v) is 6.17. The number of likely N-dealkylation sites (tertiary alicyclic amines) is 1. The molecule has 1 saturated heterocycles. The molecule has 0 radical (unpaired) electrons. The van der Waals surface area contributed by atoms with Crippen molar-refractivity contribution in [2.24, 2.45) is 17.8 Å². The Morgan fingerprint density at radius 3 is 2.64 bits per heavy atom. The third-order valence-electron chi connectivity index (χ3n) is 6.17. The van der Waals surface area contributed by atoms with Crippen LogP contribution in [0.25, 0.3) is 0 Å². The number of aromatic hydroxyl groups is 1. The quantitative estimate of drug-likeness (QED) is 0.846. The third kappa shape index (κ3) is 3.48. The second kappa shape index (κ2) is 7.04. The SMILES string of the molecule is CC1CCN(CCC2CCCC2)[C@H](c2cccc(O)c2)[C@H]1C. The monoisotopic (exact) mass is 301 g/mol. The summed E-state index contributed by atoms with van der Waals surface area (Å²) in [6, 6.07) is 8.41. The summed E-state index contributed by atoms with van der Waals surface area (Å²) in [5, 5.41) is 9.87. The van der Waals surface area contributed by atoms with Gasteiger partial charge in [0.15, 0.2) is 0 Å². The van der Waals surface area contributed by atoms with Gasteiger partial charge in [0.1, 0.15) is 5.75 Å². The van der Waals surface area contributed by atoms with Crippen LogP contribution in [0.4, 0.5) is 0 Å². The van der Waals surface area contributed by atoms with Crippen molar-refractivity contribution < 1.29 is 5.11 Å². The van der Waals surface area contributed by atoms with Gasteiger partial charge in [-0.15, -0.1) is 0 Å². The van der Waals surface area contributed by atoms with Crippen LogP contribution in [-0.4, -0.2) is 23.1 Å². The molecule has 2 fully saturated rings. The smallest absolute Gasteiger partial charge is 0.115 e. The lowest BCUT2D eigenvalue weighted by atomic mass is 9.78. The fourth-order valence-electron chi connectivity index (χ4n) is 4.54. The number of benzene rings is 1. The van der Waals surface area contributed by atoms with Crippen LogP contribution in [0.15, 0.2) is 24.3 Å². The lowest BCUT2D eigenvalue weighted by Crippen LogP contribution is -2.42. The van der Waals surface area contributed by atoms with Crippen molar-refractivity contribution in [2.75, 3.05) is 13.1 Å². The highest BCUT2D eigenvalue weighted by atomic mass is 16.3. The van der Waals surface area contributed by atoms with Gasteiger partial charge in [0.2, 0.25) is 0 Å². The molecule has 22 heavy (non-hydrogen) atoms. The van der Waals surface area contributed by atoms with Crippen molar-refractivity contribution in [1.82, 2.24) is 4.90 Å². The summed E-state index contributed by atoms with van der Waals surface area (Å²) in [7, 11) is 0. The van der Waals surface area contributed by atoms with Gasteiger partial charge in [-0.05, 0) is 61.4 Å². The van der Waals surface area contributed by atoms with Crippen LogP contribution in [0, 0.1) is 17.8 Å². The molecule has 122 valence electrons. The predicted molar refractivity (Wildman–Crippen MR) is 91.9 cm³/mol. The Hall–Kier alpha value is -1.02. The molecule has 2 aliphatic rings. The Labute approximate surface area is 135 Å². The number of hydrogen-bond donors (Lipinski definition) is 1. The van der Waals surface area contributed by atoms with Crippen LogP contribution in [0.1, 0.15) is 64.0 Å². The van der Waals surface area contributed by atoms with E-state index in [1.165, 1.54) is 57.2 Å². The van der Waals surface area contributed by atoms with E-state index in [-0.39, 0.29) is 0 Å². The van der Waals surface area contributed by atoms with Gasteiger partial charge in [0, 0.05) is 6.04 Å². The zero-order valence-electron chi connectivity index (χ0n) is 14.2. The molecule has 2 nitrogen and oxygen atoms in total. The minimum Gasteiger partial charge on any atom is -0.508 e. The van der Waals surface area contributed by atoms with E-state index in [0.717, 1.165) is 11.8 Å². The van der Waals surface area contributed by atoms with Gasteiger partial charge in [-0.3, -0.25) is 4.90 Å². The maximum Gasteiger partial charge on any atom is 0.115 e. The Morgan fingerprint density at radius 2 is 1.91 bits per heavy atom. The van der Waals surface area contributed by atoms with Crippen molar-refractivity contribution >= 4 is 0 Å². The van der Waals surface area contributed by atoms with Gasteiger partial charge in [-0.2, -0.15) is 0 Å². The van der Waals surface area contributed by atoms with E-state index < -0.39 is 0 Å². The summed E-state index contributed by atoms with van der Waals surface area (Å²) in [4.78, 5) is 2.69. The molecule has 3 rings (SSSR count). The molecule has 1 aliphatic heterocycles. The van der Waals surface area contributed by atoms with E-state index in [2.05, 4.69) is 24.8 Å². The van der Waals surface area contributed by atoms with Crippen molar-refractivity contribution in [3.63, 3.8) is 0 Å². The number of piperidine rings is 1. The minimum absolute atomic E-state index is 0.402. The zero-order chi connectivity index (χ0) is 15.5. The van der Waals surface area contributed by atoms with Crippen molar-refractivity contribution in [1.29, 1.82) is 0 Å². The normalized spacial score (nSPS) is 30.7. The molecule has 1 saturated carbocycles. The van der Waals surface area contributed by atoms with E-state index in [4.69, 9.17) is 0 Å². The van der Waals surface area contributed by atoms with Crippen molar-refractivity contribution in [3.8, 4) is 5.75 Å². The largest absolute Gasteiger partial charge is 0.508 e. The molecule has 0 amide bonds. The Morgan fingerprint density at radius 1 is 1.14 bits per heavy atom. The molecule has 0 bridgehead atoms. The van der Waals surface area contributed by atoms with Crippen LogP contribution in [-0.2, 0) is 0 Å². The molecule has 1 heterocycles. The average molecular weight is 301 g/mol. The summed E-state index contributed by atoms with van der Waals surface area (Å²) in [6.45, 7) is 7.20. The highest BCUT2D eigenvalue weighted by Gasteiger charge is 2.34. The molecule has 1 unspecified atom stereocenters. The van der Waals surface area contributed by atoms with Crippen molar-refractivity contribution in [3.05, 3.63) is 29.8 Å². The van der Waals surface area contributed by atoms with Gasteiger partial charge >= 0.3 is 0 Å². The summed E-state index contributed by atoms with van der Waals surface area (Å²) in [5.41, 5.74) is 1.30. The molecule has 1 aromatic rings. The van der Waals surface area contributed by atoms with E-state index >= 15 is 0 Å². The van der Waals surface area contributed by atoms with Crippen LogP contribution in [0.3, 0.4) is 0 Å². The lowest BCUT2D eigenvalue weighted by Gasteiger charge is -2.44. The van der Waals surface area contributed by atoms with Gasteiger partial charge in [-0.25, -0.2) is 0 Å². The molecule has 1 N–H and O–H groups in total. The van der Waals surface area contributed by atoms with Gasteiger partial charge in [-0.1, -0.05) is 51.7 Å². The number of hydrogen-bond acceptors (Lipinski definition) is 2. The fraction of sp³-hybridized carbons (Fsp3) is 0.700. The first-order chi connectivity index (χ1) is 10.6. The maximum absolute atomic E-state index is 9.87. The number of rotatable bonds is 4. The predicted octanol–water partition coefficient (Wildman–Crippen LogP) is 4.99. The summed E-state index contributed by atoms with van der Waals surface area (Å²) >= 11 is 0. The van der Waals surface area contributed by atoms with Gasteiger partial charge in [0.25, 0.3) is 0 Å². The summed E-state index contributed by atoms with van der Waals surface area (Å²) in [6.07, 6.45) is 8.42. The Balaban J connectivity index is 1.73. The first-order valence-corrected chi connectivity index (χ1v) is 9.18. The van der Waals surface area contributed by atoms with Crippen LogP contribution in [0.5, 0.6) is 5.75 Å². The standard InChI is InChI=1S/C20H31NO/c1-15-10-12-21(13-11-17-6-3-4-7-17)20(16(15)2)18-8-5-9-19(22)14-18/h5,8-9,14-17,20,22H,3-4,6-7,10-13H2,1-2H3/t15?,16-,20-/m0/s1. The maximum atomic E-state index is 9.87. The Kier molecular flexibility index (Phi) is 5.07. The fourth-order valence-corrected chi connectivity index (χ4v) is 4.54. The van der Waals surface area contributed by atoms with Crippen LogP contribution >= 0.6 is 0 Å². The first-order valence-electron chi connectivity index (χ1n) is 9.18. The van der Waals surface area contributed by atoms with E-state index in [1.54, 1.807) is 6.07 Å². The second-order valence-corrected chi connectivity index (χ2v) is 7.64. The van der Waals surface area contributed by atoms with Gasteiger partial charge in [0.05, 0.1) is 0 Å². The van der Waals surface area contributed by atoms with Crippen LogP contribution in [0.2, 0.25) is 0 Å². The topological polar surface area (TPSA) is 23.5 Å². The molecule has 3 atom stereocenters. The molecule has 2 heteroatoms.